The number of hydrogen-bond donors (Lipinski definition) is 2. The fourth-order valence-corrected chi connectivity index (χ4v) is 3.29. The van der Waals surface area contributed by atoms with E-state index in [-0.39, 0.29) is 0 Å². The van der Waals surface area contributed by atoms with E-state index in [1.54, 1.807) is 0 Å². The van der Waals surface area contributed by atoms with E-state index < -0.39 is 0 Å². The number of aromatic nitrogens is 1. The maximum absolute atomic E-state index is 5.85. The highest BCUT2D eigenvalue weighted by Gasteiger charge is 2.24. The van der Waals surface area contributed by atoms with Crippen LogP contribution in [-0.4, -0.2) is 40.5 Å². The van der Waals surface area contributed by atoms with Crippen molar-refractivity contribution in [2.75, 3.05) is 25.0 Å². The average molecular weight is 306 g/mol. The third-order valence-corrected chi connectivity index (χ3v) is 4.41. The van der Waals surface area contributed by atoms with Crippen molar-refractivity contribution in [3.63, 3.8) is 0 Å². The van der Waals surface area contributed by atoms with Crippen molar-refractivity contribution in [3.8, 4) is 0 Å². The van der Waals surface area contributed by atoms with Gasteiger partial charge < -0.3 is 16.0 Å². The van der Waals surface area contributed by atoms with Gasteiger partial charge in [0.2, 0.25) is 0 Å². The third-order valence-electron chi connectivity index (χ3n) is 4.20. The second-order valence-corrected chi connectivity index (χ2v) is 6.70. The number of aryl methyl sites for hydroxylation is 2. The number of thiocarbonyl (C=S) groups is 1. The van der Waals surface area contributed by atoms with Gasteiger partial charge >= 0.3 is 0 Å². The molecule has 4 nitrogen and oxygen atoms in total. The minimum Gasteiger partial charge on any atom is -0.389 e. The van der Waals surface area contributed by atoms with E-state index in [0.29, 0.717) is 16.9 Å². The summed E-state index contributed by atoms with van der Waals surface area (Å²) in [6.07, 6.45) is 1.25. The molecule has 1 unspecified atom stereocenters. The predicted molar refractivity (Wildman–Crippen MR) is 92.9 cm³/mol. The SMILES string of the molecule is Cc1cc(NCC2CCN(C(C)C)C2)c(C(N)=S)c(C)n1. The van der Waals surface area contributed by atoms with E-state index in [1.807, 2.05) is 19.9 Å². The molecule has 1 aromatic rings. The first-order chi connectivity index (χ1) is 9.88. The minimum atomic E-state index is 0.415. The van der Waals surface area contributed by atoms with Crippen LogP contribution in [0.15, 0.2) is 6.07 Å². The lowest BCUT2D eigenvalue weighted by atomic mass is 10.1. The second-order valence-electron chi connectivity index (χ2n) is 6.26. The van der Waals surface area contributed by atoms with Gasteiger partial charge in [-0.2, -0.15) is 0 Å². The zero-order valence-electron chi connectivity index (χ0n) is 13.4. The molecule has 1 aromatic heterocycles. The zero-order chi connectivity index (χ0) is 15.6. The fraction of sp³-hybridized carbons (Fsp3) is 0.625. The number of rotatable bonds is 5. The number of nitrogens with two attached hydrogens (primary N) is 1. The van der Waals surface area contributed by atoms with E-state index in [0.717, 1.165) is 35.7 Å². The van der Waals surface area contributed by atoms with Gasteiger partial charge in [0.05, 0.1) is 5.56 Å². The van der Waals surface area contributed by atoms with Gasteiger partial charge in [0.25, 0.3) is 0 Å². The van der Waals surface area contributed by atoms with Crippen molar-refractivity contribution in [2.45, 2.75) is 40.2 Å². The van der Waals surface area contributed by atoms with Crippen LogP contribution in [0.2, 0.25) is 0 Å². The lowest BCUT2D eigenvalue weighted by molar-refractivity contribution is 0.266. The summed E-state index contributed by atoms with van der Waals surface area (Å²) < 4.78 is 0. The van der Waals surface area contributed by atoms with Gasteiger partial charge in [-0.15, -0.1) is 0 Å². The highest BCUT2D eigenvalue weighted by atomic mass is 32.1. The summed E-state index contributed by atoms with van der Waals surface area (Å²) in [6, 6.07) is 2.67. The topological polar surface area (TPSA) is 54.2 Å². The van der Waals surface area contributed by atoms with Gasteiger partial charge in [-0.3, -0.25) is 4.98 Å². The second kappa shape index (κ2) is 6.71. The Morgan fingerprint density at radius 2 is 2.24 bits per heavy atom. The minimum absolute atomic E-state index is 0.415. The van der Waals surface area contributed by atoms with E-state index in [2.05, 4.69) is 29.0 Å². The van der Waals surface area contributed by atoms with Crippen LogP contribution >= 0.6 is 12.2 Å². The summed E-state index contributed by atoms with van der Waals surface area (Å²) in [6.45, 7) is 11.8. The molecule has 0 aliphatic carbocycles. The number of pyridine rings is 1. The number of likely N-dealkylation sites (tertiary alicyclic amines) is 1. The molecule has 0 aromatic carbocycles. The van der Waals surface area contributed by atoms with Gasteiger partial charge in [-0.05, 0) is 52.6 Å². The average Bonchev–Trinajstić information content (AvgIpc) is 2.83. The molecule has 0 amide bonds. The maximum Gasteiger partial charge on any atom is 0.107 e. The molecule has 0 bridgehead atoms. The Hall–Kier alpha value is -1.20. The summed E-state index contributed by atoms with van der Waals surface area (Å²) in [7, 11) is 0. The molecule has 5 heteroatoms. The van der Waals surface area contributed by atoms with Crippen LogP contribution in [0, 0.1) is 19.8 Å². The Bertz CT molecular complexity index is 527. The predicted octanol–water partition coefficient (Wildman–Crippen LogP) is 2.47. The molecule has 0 radical (unpaired) electrons. The smallest absolute Gasteiger partial charge is 0.107 e. The van der Waals surface area contributed by atoms with Crippen LogP contribution in [0.5, 0.6) is 0 Å². The molecule has 2 heterocycles. The fourth-order valence-electron chi connectivity index (χ4n) is 3.03. The monoisotopic (exact) mass is 306 g/mol. The number of hydrogen-bond acceptors (Lipinski definition) is 4. The van der Waals surface area contributed by atoms with E-state index in [4.69, 9.17) is 18.0 Å². The van der Waals surface area contributed by atoms with Gasteiger partial charge in [0.15, 0.2) is 0 Å². The quantitative estimate of drug-likeness (QED) is 0.819. The zero-order valence-corrected chi connectivity index (χ0v) is 14.3. The Morgan fingerprint density at radius 3 is 2.81 bits per heavy atom. The van der Waals surface area contributed by atoms with Crippen LogP contribution < -0.4 is 11.1 Å². The Morgan fingerprint density at radius 1 is 1.52 bits per heavy atom. The number of anilines is 1. The lowest BCUT2D eigenvalue weighted by Crippen LogP contribution is -2.29. The Kier molecular flexibility index (Phi) is 5.17. The Labute approximate surface area is 133 Å². The number of nitrogens with one attached hydrogen (secondary N) is 1. The Balaban J connectivity index is 2.05. The van der Waals surface area contributed by atoms with Crippen LogP contribution in [0.4, 0.5) is 5.69 Å². The molecule has 0 spiro atoms. The molecule has 1 atom stereocenters. The molecule has 1 aliphatic rings. The first kappa shape index (κ1) is 16.2. The van der Waals surface area contributed by atoms with Crippen LogP contribution in [0.1, 0.15) is 37.2 Å². The summed E-state index contributed by atoms with van der Waals surface area (Å²) in [5, 5.41) is 3.54. The van der Waals surface area contributed by atoms with Crippen LogP contribution in [-0.2, 0) is 0 Å². The molecule has 1 aliphatic heterocycles. The van der Waals surface area contributed by atoms with Gasteiger partial charge in [-0.1, -0.05) is 12.2 Å². The van der Waals surface area contributed by atoms with E-state index >= 15 is 0 Å². The molecule has 1 fully saturated rings. The lowest BCUT2D eigenvalue weighted by Gasteiger charge is -2.21. The molecule has 0 saturated carbocycles. The summed E-state index contributed by atoms with van der Waals surface area (Å²) >= 11 is 5.17. The molecular formula is C16H26N4S. The van der Waals surface area contributed by atoms with Crippen molar-refractivity contribution in [3.05, 3.63) is 23.0 Å². The summed E-state index contributed by atoms with van der Waals surface area (Å²) in [4.78, 5) is 7.40. The van der Waals surface area contributed by atoms with Crippen molar-refractivity contribution >= 4 is 22.9 Å². The number of nitrogens with zero attached hydrogens (tertiary/aromatic N) is 2. The maximum atomic E-state index is 5.85. The normalized spacial score (nSPS) is 19.2. The van der Waals surface area contributed by atoms with Crippen molar-refractivity contribution in [1.82, 2.24) is 9.88 Å². The van der Waals surface area contributed by atoms with Gasteiger partial charge in [0.1, 0.15) is 4.99 Å². The third kappa shape index (κ3) is 3.92. The highest BCUT2D eigenvalue weighted by molar-refractivity contribution is 7.80. The molecule has 116 valence electrons. The summed E-state index contributed by atoms with van der Waals surface area (Å²) in [5.74, 6) is 0.681. The van der Waals surface area contributed by atoms with E-state index in [1.165, 1.54) is 13.0 Å². The standard InChI is InChI=1S/C16H26N4S/c1-10(2)20-6-5-13(9-20)8-18-14-7-11(3)19-12(4)15(14)16(17)21/h7,10,13H,5-6,8-9H2,1-4H3,(H2,17,21)(H,18,19). The molecule has 3 N–H and O–H groups in total. The van der Waals surface area contributed by atoms with Crippen molar-refractivity contribution < 1.29 is 0 Å². The first-order valence-corrected chi connectivity index (χ1v) is 8.05. The molecule has 21 heavy (non-hydrogen) atoms. The van der Waals surface area contributed by atoms with Crippen molar-refractivity contribution in [1.29, 1.82) is 0 Å². The first-order valence-electron chi connectivity index (χ1n) is 7.64. The molecule has 2 rings (SSSR count). The summed E-state index contributed by atoms with van der Waals surface area (Å²) in [5.41, 5.74) is 9.66. The van der Waals surface area contributed by atoms with E-state index in [9.17, 15) is 0 Å². The molecular weight excluding hydrogens is 280 g/mol. The van der Waals surface area contributed by atoms with Crippen LogP contribution in [0.3, 0.4) is 0 Å². The van der Waals surface area contributed by atoms with Gasteiger partial charge in [-0.25, -0.2) is 0 Å². The van der Waals surface area contributed by atoms with Gasteiger partial charge in [0, 0.05) is 36.2 Å². The largest absolute Gasteiger partial charge is 0.389 e. The highest BCUT2D eigenvalue weighted by Crippen LogP contribution is 2.23. The van der Waals surface area contributed by atoms with Crippen LogP contribution in [0.25, 0.3) is 0 Å². The van der Waals surface area contributed by atoms with Crippen molar-refractivity contribution in [2.24, 2.45) is 11.7 Å². The molecule has 1 saturated heterocycles.